The van der Waals surface area contributed by atoms with Crippen molar-refractivity contribution in [3.63, 3.8) is 0 Å². The van der Waals surface area contributed by atoms with Crippen molar-refractivity contribution < 1.29 is 9.84 Å². The quantitative estimate of drug-likeness (QED) is 0.633. The summed E-state index contributed by atoms with van der Waals surface area (Å²) in [5.74, 6) is 7.35. The zero-order valence-corrected chi connectivity index (χ0v) is 11.8. The van der Waals surface area contributed by atoms with Gasteiger partial charge in [0.15, 0.2) is 0 Å². The van der Waals surface area contributed by atoms with Gasteiger partial charge in [-0.3, -0.25) is 0 Å². The Bertz CT molecular complexity index is 389. The van der Waals surface area contributed by atoms with Crippen LogP contribution in [0.2, 0.25) is 0 Å². The molecule has 0 saturated carbocycles. The molecule has 1 aromatic rings. The van der Waals surface area contributed by atoms with E-state index in [2.05, 4.69) is 25.7 Å². The SMILES string of the molecule is CCC(C)SCCOc1ccc(C#CCO)cc1. The van der Waals surface area contributed by atoms with Gasteiger partial charge in [0.2, 0.25) is 0 Å². The average Bonchev–Trinajstić information content (AvgIpc) is 2.42. The lowest BCUT2D eigenvalue weighted by molar-refractivity contribution is 0.344. The molecule has 1 aromatic carbocycles. The lowest BCUT2D eigenvalue weighted by Crippen LogP contribution is -2.03. The van der Waals surface area contributed by atoms with E-state index >= 15 is 0 Å². The van der Waals surface area contributed by atoms with Gasteiger partial charge in [-0.15, -0.1) is 0 Å². The number of hydrogen-bond donors (Lipinski definition) is 1. The van der Waals surface area contributed by atoms with Gasteiger partial charge in [-0.25, -0.2) is 0 Å². The molecule has 0 saturated heterocycles. The van der Waals surface area contributed by atoms with Crippen molar-refractivity contribution >= 4 is 11.8 Å². The Labute approximate surface area is 114 Å². The molecule has 0 aliphatic rings. The van der Waals surface area contributed by atoms with Gasteiger partial charge in [-0.05, 0) is 30.7 Å². The monoisotopic (exact) mass is 264 g/mol. The second-order valence-electron chi connectivity index (χ2n) is 3.92. The maximum atomic E-state index is 8.59. The fourth-order valence-electron chi connectivity index (χ4n) is 1.30. The summed E-state index contributed by atoms with van der Waals surface area (Å²) in [5.41, 5.74) is 0.894. The summed E-state index contributed by atoms with van der Waals surface area (Å²) in [6, 6.07) is 7.63. The second-order valence-corrected chi connectivity index (χ2v) is 5.47. The molecule has 3 heteroatoms. The van der Waals surface area contributed by atoms with Crippen LogP contribution in [0, 0.1) is 11.8 Å². The van der Waals surface area contributed by atoms with Crippen LogP contribution in [0.3, 0.4) is 0 Å². The summed E-state index contributed by atoms with van der Waals surface area (Å²) in [7, 11) is 0. The molecular formula is C15H20O2S. The van der Waals surface area contributed by atoms with Crippen molar-refractivity contribution in [3.05, 3.63) is 29.8 Å². The standard InChI is InChI=1S/C15H20O2S/c1-3-13(2)18-12-11-17-15-8-6-14(7-9-15)5-4-10-16/h6-9,13,16H,3,10-12H2,1-2H3. The summed E-state index contributed by atoms with van der Waals surface area (Å²) < 4.78 is 5.64. The molecule has 0 amide bonds. The summed E-state index contributed by atoms with van der Waals surface area (Å²) in [4.78, 5) is 0. The van der Waals surface area contributed by atoms with E-state index < -0.39 is 0 Å². The minimum atomic E-state index is -0.106. The van der Waals surface area contributed by atoms with E-state index in [9.17, 15) is 0 Å². The maximum Gasteiger partial charge on any atom is 0.119 e. The molecule has 0 spiro atoms. The normalized spacial score (nSPS) is 11.5. The molecule has 1 unspecified atom stereocenters. The van der Waals surface area contributed by atoms with Crippen molar-refractivity contribution in [3.8, 4) is 17.6 Å². The van der Waals surface area contributed by atoms with E-state index in [-0.39, 0.29) is 6.61 Å². The highest BCUT2D eigenvalue weighted by atomic mass is 32.2. The minimum Gasteiger partial charge on any atom is -0.493 e. The van der Waals surface area contributed by atoms with E-state index in [1.807, 2.05) is 36.0 Å². The Balaban J connectivity index is 2.31. The van der Waals surface area contributed by atoms with E-state index in [1.165, 1.54) is 6.42 Å². The lowest BCUT2D eigenvalue weighted by Gasteiger charge is -2.09. The van der Waals surface area contributed by atoms with E-state index in [4.69, 9.17) is 9.84 Å². The first kappa shape index (κ1) is 14.9. The first-order valence-electron chi connectivity index (χ1n) is 6.20. The lowest BCUT2D eigenvalue weighted by atomic mass is 10.2. The molecule has 1 atom stereocenters. The number of hydrogen-bond acceptors (Lipinski definition) is 3. The zero-order chi connectivity index (χ0) is 13.2. The number of aliphatic hydroxyl groups is 1. The molecule has 1 rings (SSSR count). The summed E-state index contributed by atoms with van der Waals surface area (Å²) in [6.45, 7) is 5.06. The smallest absolute Gasteiger partial charge is 0.119 e. The number of benzene rings is 1. The minimum absolute atomic E-state index is 0.106. The van der Waals surface area contributed by atoms with Crippen LogP contribution in [0.1, 0.15) is 25.8 Å². The molecule has 98 valence electrons. The van der Waals surface area contributed by atoms with Crippen molar-refractivity contribution in [2.24, 2.45) is 0 Å². The van der Waals surface area contributed by atoms with Crippen molar-refractivity contribution in [1.82, 2.24) is 0 Å². The Hall–Kier alpha value is -1.11. The molecule has 0 radical (unpaired) electrons. The predicted molar refractivity (Wildman–Crippen MR) is 78.1 cm³/mol. The molecule has 0 aromatic heterocycles. The Morgan fingerprint density at radius 3 is 2.67 bits per heavy atom. The van der Waals surface area contributed by atoms with Gasteiger partial charge >= 0.3 is 0 Å². The molecule has 0 heterocycles. The van der Waals surface area contributed by atoms with Gasteiger partial charge in [0.05, 0.1) is 6.61 Å². The molecule has 2 nitrogen and oxygen atoms in total. The third kappa shape index (κ3) is 6.00. The van der Waals surface area contributed by atoms with Crippen LogP contribution in [0.5, 0.6) is 5.75 Å². The highest BCUT2D eigenvalue weighted by Gasteiger charge is 1.99. The fourth-order valence-corrected chi connectivity index (χ4v) is 2.12. The Kier molecular flexibility index (Phi) is 7.40. The van der Waals surface area contributed by atoms with Crippen LogP contribution in [0.4, 0.5) is 0 Å². The third-order valence-electron chi connectivity index (χ3n) is 2.50. The molecule has 0 aliphatic heterocycles. The molecule has 0 bridgehead atoms. The van der Waals surface area contributed by atoms with Gasteiger partial charge in [0, 0.05) is 16.6 Å². The van der Waals surface area contributed by atoms with Gasteiger partial charge in [0.25, 0.3) is 0 Å². The van der Waals surface area contributed by atoms with Crippen LogP contribution in [0.25, 0.3) is 0 Å². The topological polar surface area (TPSA) is 29.5 Å². The summed E-state index contributed by atoms with van der Waals surface area (Å²) in [5, 5.41) is 9.29. The van der Waals surface area contributed by atoms with Gasteiger partial charge in [0.1, 0.15) is 12.4 Å². The molecule has 1 N–H and O–H groups in total. The zero-order valence-electron chi connectivity index (χ0n) is 11.0. The molecule has 0 aliphatic carbocycles. The van der Waals surface area contributed by atoms with Crippen LogP contribution in [0.15, 0.2) is 24.3 Å². The third-order valence-corrected chi connectivity index (χ3v) is 3.80. The van der Waals surface area contributed by atoms with Crippen molar-refractivity contribution in [2.75, 3.05) is 19.0 Å². The van der Waals surface area contributed by atoms with Crippen LogP contribution in [-0.2, 0) is 0 Å². The summed E-state index contributed by atoms with van der Waals surface area (Å²) in [6.07, 6.45) is 1.20. The summed E-state index contributed by atoms with van der Waals surface area (Å²) >= 11 is 1.93. The fraction of sp³-hybridized carbons (Fsp3) is 0.467. The first-order valence-corrected chi connectivity index (χ1v) is 7.25. The highest BCUT2D eigenvalue weighted by molar-refractivity contribution is 7.99. The molecular weight excluding hydrogens is 244 g/mol. The largest absolute Gasteiger partial charge is 0.493 e. The van der Waals surface area contributed by atoms with Gasteiger partial charge in [-0.1, -0.05) is 25.7 Å². The highest BCUT2D eigenvalue weighted by Crippen LogP contribution is 2.15. The number of aliphatic hydroxyl groups excluding tert-OH is 1. The molecule has 0 fully saturated rings. The maximum absolute atomic E-state index is 8.59. The van der Waals surface area contributed by atoms with Crippen LogP contribution in [-0.4, -0.2) is 29.3 Å². The number of ether oxygens (including phenoxy) is 1. The predicted octanol–water partition coefficient (Wildman–Crippen LogP) is 2.94. The Morgan fingerprint density at radius 1 is 1.33 bits per heavy atom. The van der Waals surface area contributed by atoms with Gasteiger partial charge in [-0.2, -0.15) is 11.8 Å². The van der Waals surface area contributed by atoms with Gasteiger partial charge < -0.3 is 9.84 Å². The number of rotatable bonds is 6. The van der Waals surface area contributed by atoms with Crippen LogP contribution < -0.4 is 4.74 Å². The first-order chi connectivity index (χ1) is 8.76. The number of thioether (sulfide) groups is 1. The average molecular weight is 264 g/mol. The van der Waals surface area contributed by atoms with Crippen molar-refractivity contribution in [2.45, 2.75) is 25.5 Å². The second kappa shape index (κ2) is 8.91. The van der Waals surface area contributed by atoms with E-state index in [0.717, 1.165) is 23.7 Å². The van der Waals surface area contributed by atoms with E-state index in [0.29, 0.717) is 5.25 Å². The van der Waals surface area contributed by atoms with E-state index in [1.54, 1.807) is 0 Å². The van der Waals surface area contributed by atoms with Crippen molar-refractivity contribution in [1.29, 1.82) is 0 Å². The van der Waals surface area contributed by atoms with Crippen LogP contribution >= 0.6 is 11.8 Å². The molecule has 18 heavy (non-hydrogen) atoms. The Morgan fingerprint density at radius 2 is 2.06 bits per heavy atom.